The topological polar surface area (TPSA) is 50.6 Å². The Hall–Kier alpha value is -2.15. The molecular weight excluding hydrogens is 451 g/mol. The van der Waals surface area contributed by atoms with Crippen molar-refractivity contribution in [1.82, 2.24) is 14.3 Å². The molecule has 1 aliphatic rings. The first-order chi connectivity index (χ1) is 15.0. The standard InChI is InChI=1S/C23H24Cl2N4OS/c1-15-12-21(19(25)13-20(15)26-14-29-10-4-3-5-11-29)30-23-27-22(28-31-23)16(2)17-6-8-18(24)9-7-17/h6-9,12-14,16H,3-5,10-11H2,1-2H3. The highest BCUT2D eigenvalue weighted by atomic mass is 35.5. The Morgan fingerprint density at radius 2 is 1.87 bits per heavy atom. The van der Waals surface area contributed by atoms with Gasteiger partial charge < -0.3 is 9.64 Å². The van der Waals surface area contributed by atoms with Gasteiger partial charge in [0, 0.05) is 35.6 Å². The van der Waals surface area contributed by atoms with Gasteiger partial charge in [-0.1, -0.05) is 42.3 Å². The van der Waals surface area contributed by atoms with Gasteiger partial charge in [-0.2, -0.15) is 9.36 Å². The maximum atomic E-state index is 6.48. The van der Waals surface area contributed by atoms with E-state index < -0.39 is 0 Å². The molecule has 8 heteroatoms. The van der Waals surface area contributed by atoms with E-state index in [-0.39, 0.29) is 5.92 Å². The van der Waals surface area contributed by atoms with Crippen molar-refractivity contribution < 1.29 is 4.74 Å². The van der Waals surface area contributed by atoms with Crippen molar-refractivity contribution in [2.45, 2.75) is 39.0 Å². The molecule has 2 aromatic carbocycles. The van der Waals surface area contributed by atoms with E-state index in [1.807, 2.05) is 49.7 Å². The Balaban J connectivity index is 1.46. The van der Waals surface area contributed by atoms with Gasteiger partial charge >= 0.3 is 0 Å². The van der Waals surface area contributed by atoms with E-state index in [1.54, 1.807) is 0 Å². The zero-order valence-electron chi connectivity index (χ0n) is 17.5. The number of likely N-dealkylation sites (tertiary alicyclic amines) is 1. The molecular formula is C23H24Cl2N4OS. The van der Waals surface area contributed by atoms with Crippen molar-refractivity contribution in [2.24, 2.45) is 4.99 Å². The number of hydrogen-bond acceptors (Lipinski definition) is 5. The van der Waals surface area contributed by atoms with Crippen LogP contribution in [0, 0.1) is 6.92 Å². The van der Waals surface area contributed by atoms with Crippen molar-refractivity contribution in [1.29, 1.82) is 0 Å². The SMILES string of the molecule is Cc1cc(Oc2nc(C(C)c3ccc(Cl)cc3)ns2)c(Cl)cc1N=CN1CCCCC1. The van der Waals surface area contributed by atoms with Crippen molar-refractivity contribution in [3.8, 4) is 10.9 Å². The summed E-state index contributed by atoms with van der Waals surface area (Å²) in [5.41, 5.74) is 2.93. The predicted octanol–water partition coefficient (Wildman–Crippen LogP) is 7.24. The lowest BCUT2D eigenvalue weighted by Gasteiger charge is -2.23. The number of hydrogen-bond donors (Lipinski definition) is 0. The lowest BCUT2D eigenvalue weighted by molar-refractivity contribution is 0.351. The number of benzene rings is 2. The molecule has 0 N–H and O–H groups in total. The molecule has 0 spiro atoms. The number of ether oxygens (including phenoxy) is 1. The molecule has 1 aromatic heterocycles. The van der Waals surface area contributed by atoms with Crippen LogP contribution in [0.15, 0.2) is 41.4 Å². The van der Waals surface area contributed by atoms with Crippen molar-refractivity contribution in [2.75, 3.05) is 13.1 Å². The molecule has 4 rings (SSSR count). The van der Waals surface area contributed by atoms with Gasteiger partial charge in [-0.25, -0.2) is 4.99 Å². The number of aryl methyl sites for hydroxylation is 1. The van der Waals surface area contributed by atoms with Crippen LogP contribution in [0.1, 0.15) is 49.1 Å². The molecule has 0 saturated carbocycles. The molecule has 3 aromatic rings. The lowest BCUT2D eigenvalue weighted by atomic mass is 10.0. The largest absolute Gasteiger partial charge is 0.428 e. The van der Waals surface area contributed by atoms with Gasteiger partial charge in [0.05, 0.1) is 17.0 Å². The Bertz CT molecular complexity index is 1060. The molecule has 0 aliphatic carbocycles. The summed E-state index contributed by atoms with van der Waals surface area (Å²) in [6, 6.07) is 11.4. The van der Waals surface area contributed by atoms with E-state index in [1.165, 1.54) is 30.8 Å². The third-order valence-corrected chi connectivity index (χ3v) is 6.54. The van der Waals surface area contributed by atoms with Crippen molar-refractivity contribution in [3.05, 3.63) is 63.4 Å². The Morgan fingerprint density at radius 1 is 1.13 bits per heavy atom. The summed E-state index contributed by atoms with van der Waals surface area (Å²) in [7, 11) is 0. The number of nitrogens with zero attached hydrogens (tertiary/aromatic N) is 4. The minimum absolute atomic E-state index is 0.0366. The van der Waals surface area contributed by atoms with Gasteiger partial charge in [0.2, 0.25) is 0 Å². The smallest absolute Gasteiger partial charge is 0.298 e. The molecule has 5 nitrogen and oxygen atoms in total. The van der Waals surface area contributed by atoms with Gasteiger partial charge in [-0.3, -0.25) is 0 Å². The van der Waals surface area contributed by atoms with E-state index in [9.17, 15) is 0 Å². The molecule has 1 fully saturated rings. The van der Waals surface area contributed by atoms with Crippen LogP contribution in [0.4, 0.5) is 5.69 Å². The summed E-state index contributed by atoms with van der Waals surface area (Å²) in [5.74, 6) is 1.30. The normalized spacial score (nSPS) is 15.4. The minimum Gasteiger partial charge on any atom is -0.428 e. The molecule has 2 heterocycles. The molecule has 1 atom stereocenters. The van der Waals surface area contributed by atoms with Gasteiger partial charge in [0.15, 0.2) is 5.82 Å². The number of halogens is 2. The molecule has 1 aliphatic heterocycles. The Kier molecular flexibility index (Phi) is 7.10. The first-order valence-electron chi connectivity index (χ1n) is 10.3. The van der Waals surface area contributed by atoms with Crippen LogP contribution in [0.2, 0.25) is 10.0 Å². The van der Waals surface area contributed by atoms with E-state index in [0.29, 0.717) is 26.8 Å². The zero-order chi connectivity index (χ0) is 21.8. The van der Waals surface area contributed by atoms with E-state index in [4.69, 9.17) is 27.9 Å². The lowest BCUT2D eigenvalue weighted by Crippen LogP contribution is -2.28. The zero-order valence-corrected chi connectivity index (χ0v) is 19.8. The molecule has 31 heavy (non-hydrogen) atoms. The minimum atomic E-state index is 0.0366. The van der Waals surface area contributed by atoms with Crippen LogP contribution in [0.3, 0.4) is 0 Å². The van der Waals surface area contributed by atoms with Crippen molar-refractivity contribution >= 4 is 46.8 Å². The second kappa shape index (κ2) is 9.98. The first-order valence-corrected chi connectivity index (χ1v) is 11.9. The number of aromatic nitrogens is 2. The summed E-state index contributed by atoms with van der Waals surface area (Å²) < 4.78 is 10.4. The van der Waals surface area contributed by atoms with E-state index in [2.05, 4.69) is 26.2 Å². The Labute approximate surface area is 196 Å². The van der Waals surface area contributed by atoms with Crippen LogP contribution in [0.25, 0.3) is 0 Å². The summed E-state index contributed by atoms with van der Waals surface area (Å²) in [6.07, 6.45) is 5.67. The highest BCUT2D eigenvalue weighted by molar-refractivity contribution is 7.07. The molecule has 162 valence electrons. The average Bonchev–Trinajstić information content (AvgIpc) is 3.24. The number of piperidine rings is 1. The van der Waals surface area contributed by atoms with Crippen LogP contribution < -0.4 is 4.74 Å². The molecule has 0 radical (unpaired) electrons. The average molecular weight is 475 g/mol. The molecule has 0 bridgehead atoms. The summed E-state index contributed by atoms with van der Waals surface area (Å²) >= 11 is 13.7. The number of aliphatic imine (C=N–C) groups is 1. The molecule has 1 saturated heterocycles. The highest BCUT2D eigenvalue weighted by Crippen LogP contribution is 2.36. The fraction of sp³-hybridized carbons (Fsp3) is 0.348. The van der Waals surface area contributed by atoms with Crippen LogP contribution in [0.5, 0.6) is 10.9 Å². The summed E-state index contributed by atoms with van der Waals surface area (Å²) in [6.45, 7) is 6.18. The third kappa shape index (κ3) is 5.56. The van der Waals surface area contributed by atoms with E-state index in [0.717, 1.165) is 29.9 Å². The van der Waals surface area contributed by atoms with Gasteiger partial charge in [0.25, 0.3) is 5.19 Å². The molecule has 0 amide bonds. The van der Waals surface area contributed by atoms with Gasteiger partial charge in [0.1, 0.15) is 5.75 Å². The Morgan fingerprint density at radius 3 is 2.61 bits per heavy atom. The monoisotopic (exact) mass is 474 g/mol. The molecule has 1 unspecified atom stereocenters. The second-order valence-electron chi connectivity index (χ2n) is 7.70. The maximum Gasteiger partial charge on any atom is 0.298 e. The third-order valence-electron chi connectivity index (χ3n) is 5.38. The van der Waals surface area contributed by atoms with Crippen LogP contribution >= 0.6 is 34.7 Å². The maximum absolute atomic E-state index is 6.48. The van der Waals surface area contributed by atoms with Crippen LogP contribution in [-0.2, 0) is 0 Å². The highest BCUT2D eigenvalue weighted by Gasteiger charge is 2.17. The van der Waals surface area contributed by atoms with Crippen molar-refractivity contribution in [3.63, 3.8) is 0 Å². The predicted molar refractivity (Wildman–Crippen MR) is 129 cm³/mol. The quantitative estimate of drug-likeness (QED) is 0.279. The summed E-state index contributed by atoms with van der Waals surface area (Å²) in [5, 5.41) is 1.67. The van der Waals surface area contributed by atoms with E-state index >= 15 is 0 Å². The summed E-state index contributed by atoms with van der Waals surface area (Å²) in [4.78, 5) is 11.4. The fourth-order valence-electron chi connectivity index (χ4n) is 3.47. The van der Waals surface area contributed by atoms with Gasteiger partial charge in [-0.05, 0) is 61.6 Å². The fourth-order valence-corrected chi connectivity index (χ4v) is 4.43. The first kappa shape index (κ1) is 22.1. The second-order valence-corrected chi connectivity index (χ2v) is 9.26. The van der Waals surface area contributed by atoms with Crippen LogP contribution in [-0.4, -0.2) is 33.7 Å². The number of rotatable bonds is 6. The van der Waals surface area contributed by atoms with Gasteiger partial charge in [-0.15, -0.1) is 0 Å².